The molecule has 0 aliphatic carbocycles. The zero-order valence-electron chi connectivity index (χ0n) is 9.26. The average molecular weight is 206 g/mol. The highest BCUT2D eigenvalue weighted by atomic mass is 32.1. The van der Waals surface area contributed by atoms with Gasteiger partial charge in [0.1, 0.15) is 0 Å². The molecule has 0 spiro atoms. The van der Waals surface area contributed by atoms with Gasteiger partial charge in [-0.15, -0.1) is 0 Å². The van der Waals surface area contributed by atoms with Crippen LogP contribution in [0.4, 0.5) is 0 Å². The summed E-state index contributed by atoms with van der Waals surface area (Å²) in [5.41, 5.74) is 0. The maximum Gasteiger partial charge on any atom is 0.308 e. The van der Waals surface area contributed by atoms with Crippen LogP contribution in [-0.4, -0.2) is 13.1 Å². The Kier molecular flexibility index (Phi) is 8.53. The van der Waals surface area contributed by atoms with E-state index in [0.29, 0.717) is 11.8 Å². The second-order valence-corrected chi connectivity index (χ2v) is 4.00. The molecule has 2 nitrogen and oxygen atoms in total. The number of hydrogen-bond donors (Lipinski definition) is 0. The lowest BCUT2D eigenvalue weighted by Gasteiger charge is -2.19. The molecular formula is C10H22O2S. The predicted molar refractivity (Wildman–Crippen MR) is 60.2 cm³/mol. The van der Waals surface area contributed by atoms with Gasteiger partial charge in [-0.05, 0) is 18.3 Å². The Morgan fingerprint density at radius 1 is 1.23 bits per heavy atom. The van der Waals surface area contributed by atoms with Gasteiger partial charge in [0.15, 0.2) is 0 Å². The molecular weight excluding hydrogens is 184 g/mol. The summed E-state index contributed by atoms with van der Waals surface area (Å²) in [7, 11) is 1.46. The van der Waals surface area contributed by atoms with Crippen LogP contribution in [0.5, 0.6) is 0 Å². The van der Waals surface area contributed by atoms with Crippen LogP contribution in [0.3, 0.4) is 0 Å². The maximum absolute atomic E-state index is 11.3. The lowest BCUT2D eigenvalue weighted by atomic mass is 9.88. The Hall–Kier alpha value is -0.180. The van der Waals surface area contributed by atoms with Gasteiger partial charge in [0.2, 0.25) is 0 Å². The third kappa shape index (κ3) is 5.97. The zero-order valence-corrected chi connectivity index (χ0v) is 10.3. The second-order valence-electron chi connectivity index (χ2n) is 4.00. The molecule has 0 aromatic heterocycles. The number of methoxy groups -OCH3 is 1. The molecule has 0 bridgehead atoms. The Morgan fingerprint density at radius 3 is 1.92 bits per heavy atom. The van der Waals surface area contributed by atoms with E-state index in [1.165, 1.54) is 7.11 Å². The summed E-state index contributed by atoms with van der Waals surface area (Å²) >= 11 is 0. The molecule has 0 aromatic rings. The van der Waals surface area contributed by atoms with Crippen molar-refractivity contribution in [2.45, 2.75) is 34.1 Å². The molecule has 0 fully saturated rings. The van der Waals surface area contributed by atoms with Gasteiger partial charge in [0.25, 0.3) is 0 Å². The summed E-state index contributed by atoms with van der Waals surface area (Å²) in [6, 6.07) is 0. The quantitative estimate of drug-likeness (QED) is 0.661. The van der Waals surface area contributed by atoms with Crippen LogP contribution in [-0.2, 0) is 9.53 Å². The third-order valence-corrected chi connectivity index (χ3v) is 2.03. The minimum atomic E-state index is -0.0706. The number of carbonyl (C=O) groups excluding carboxylic acids is 1. The molecule has 0 aliphatic heterocycles. The number of rotatable bonds is 4. The van der Waals surface area contributed by atoms with Crippen molar-refractivity contribution < 1.29 is 9.53 Å². The van der Waals surface area contributed by atoms with E-state index in [9.17, 15) is 4.79 Å². The van der Waals surface area contributed by atoms with E-state index in [4.69, 9.17) is 4.74 Å². The lowest BCUT2D eigenvalue weighted by Crippen LogP contribution is -2.23. The van der Waals surface area contributed by atoms with E-state index in [1.807, 2.05) is 0 Å². The first kappa shape index (κ1) is 15.3. The Bertz CT molecular complexity index is 144. The number of esters is 1. The van der Waals surface area contributed by atoms with Crippen molar-refractivity contribution in [3.05, 3.63) is 0 Å². The predicted octanol–water partition coefficient (Wildman–Crippen LogP) is 2.59. The second kappa shape index (κ2) is 7.25. The number of carbonyl (C=O) groups is 1. The SMILES string of the molecule is COC(=O)[C@H](CC(C)C)C(C)C.S. The standard InChI is InChI=1S/C10H20O2.H2S/c1-7(2)6-9(8(3)4)10(11)12-5;/h7-9H,6H2,1-5H3;1H2/t9-;/m1./s1. The first-order valence-corrected chi connectivity index (χ1v) is 4.56. The van der Waals surface area contributed by atoms with Crippen molar-refractivity contribution in [1.29, 1.82) is 0 Å². The first-order valence-electron chi connectivity index (χ1n) is 4.56. The Labute approximate surface area is 88.5 Å². The van der Waals surface area contributed by atoms with Crippen LogP contribution in [0, 0.1) is 17.8 Å². The summed E-state index contributed by atoms with van der Waals surface area (Å²) in [5.74, 6) is 0.921. The molecule has 0 saturated heterocycles. The fraction of sp³-hybridized carbons (Fsp3) is 0.900. The summed E-state index contributed by atoms with van der Waals surface area (Å²) < 4.78 is 4.74. The minimum absolute atomic E-state index is 0. The molecule has 0 N–H and O–H groups in total. The fourth-order valence-corrected chi connectivity index (χ4v) is 1.30. The van der Waals surface area contributed by atoms with Gasteiger partial charge in [0, 0.05) is 0 Å². The molecule has 0 heterocycles. The summed E-state index contributed by atoms with van der Waals surface area (Å²) in [6.07, 6.45) is 0.921. The van der Waals surface area contributed by atoms with Crippen molar-refractivity contribution in [2.24, 2.45) is 17.8 Å². The fourth-order valence-electron chi connectivity index (χ4n) is 1.30. The smallest absolute Gasteiger partial charge is 0.308 e. The van der Waals surface area contributed by atoms with Gasteiger partial charge < -0.3 is 4.74 Å². The van der Waals surface area contributed by atoms with Crippen LogP contribution in [0.15, 0.2) is 0 Å². The molecule has 0 amide bonds. The third-order valence-electron chi connectivity index (χ3n) is 2.03. The largest absolute Gasteiger partial charge is 0.469 e. The van der Waals surface area contributed by atoms with Crippen LogP contribution in [0.25, 0.3) is 0 Å². The summed E-state index contributed by atoms with van der Waals surface area (Å²) in [5, 5.41) is 0. The molecule has 0 saturated carbocycles. The van der Waals surface area contributed by atoms with Gasteiger partial charge >= 0.3 is 5.97 Å². The number of ether oxygens (including phenoxy) is 1. The number of hydrogen-bond acceptors (Lipinski definition) is 2. The van der Waals surface area contributed by atoms with E-state index in [2.05, 4.69) is 27.7 Å². The van der Waals surface area contributed by atoms with Crippen LogP contribution >= 0.6 is 13.5 Å². The maximum atomic E-state index is 11.3. The topological polar surface area (TPSA) is 26.3 Å². The first-order chi connectivity index (χ1) is 5.49. The lowest BCUT2D eigenvalue weighted by molar-refractivity contribution is -0.147. The Morgan fingerprint density at radius 2 is 1.69 bits per heavy atom. The molecule has 0 unspecified atom stereocenters. The average Bonchev–Trinajstić information content (AvgIpc) is 1.98. The summed E-state index contributed by atoms with van der Waals surface area (Å²) in [4.78, 5) is 11.3. The zero-order chi connectivity index (χ0) is 9.72. The van der Waals surface area contributed by atoms with Crippen LogP contribution < -0.4 is 0 Å². The van der Waals surface area contributed by atoms with E-state index in [1.54, 1.807) is 0 Å². The highest BCUT2D eigenvalue weighted by Gasteiger charge is 2.23. The molecule has 0 aliphatic rings. The van der Waals surface area contributed by atoms with Crippen LogP contribution in [0.1, 0.15) is 34.1 Å². The molecule has 0 radical (unpaired) electrons. The van der Waals surface area contributed by atoms with Crippen molar-refractivity contribution in [2.75, 3.05) is 7.11 Å². The van der Waals surface area contributed by atoms with Crippen molar-refractivity contribution in [3.8, 4) is 0 Å². The molecule has 1 atom stereocenters. The normalized spacial score (nSPS) is 12.5. The molecule has 0 aromatic carbocycles. The minimum Gasteiger partial charge on any atom is -0.469 e. The van der Waals surface area contributed by atoms with E-state index in [-0.39, 0.29) is 25.4 Å². The van der Waals surface area contributed by atoms with Crippen molar-refractivity contribution in [3.63, 3.8) is 0 Å². The molecule has 0 rings (SSSR count). The van der Waals surface area contributed by atoms with E-state index >= 15 is 0 Å². The van der Waals surface area contributed by atoms with Gasteiger partial charge in [-0.3, -0.25) is 4.79 Å². The van der Waals surface area contributed by atoms with Crippen molar-refractivity contribution in [1.82, 2.24) is 0 Å². The molecule has 13 heavy (non-hydrogen) atoms. The van der Waals surface area contributed by atoms with E-state index in [0.717, 1.165) is 6.42 Å². The Balaban J connectivity index is 0. The van der Waals surface area contributed by atoms with Gasteiger partial charge in [-0.2, -0.15) is 13.5 Å². The highest BCUT2D eigenvalue weighted by molar-refractivity contribution is 7.59. The molecule has 80 valence electrons. The monoisotopic (exact) mass is 206 g/mol. The van der Waals surface area contributed by atoms with Crippen molar-refractivity contribution >= 4 is 19.5 Å². The summed E-state index contributed by atoms with van der Waals surface area (Å²) in [6.45, 7) is 8.37. The van der Waals surface area contributed by atoms with Gasteiger partial charge in [-0.25, -0.2) is 0 Å². The van der Waals surface area contributed by atoms with Crippen LogP contribution in [0.2, 0.25) is 0 Å². The van der Waals surface area contributed by atoms with E-state index < -0.39 is 0 Å². The highest BCUT2D eigenvalue weighted by Crippen LogP contribution is 2.21. The van der Waals surface area contributed by atoms with Gasteiger partial charge in [0.05, 0.1) is 13.0 Å². The molecule has 3 heteroatoms. The van der Waals surface area contributed by atoms with Gasteiger partial charge in [-0.1, -0.05) is 27.7 Å².